The molecule has 22 heavy (non-hydrogen) atoms. The number of rotatable bonds is 10. The van der Waals surface area contributed by atoms with E-state index in [1.54, 1.807) is 20.8 Å². The Morgan fingerprint density at radius 2 is 1.73 bits per heavy atom. The summed E-state index contributed by atoms with van der Waals surface area (Å²) in [5.74, 6) is -4.55. The van der Waals surface area contributed by atoms with Crippen molar-refractivity contribution in [1.82, 2.24) is 10.2 Å². The number of carboxylic acids is 2. The highest BCUT2D eigenvalue weighted by molar-refractivity contribution is 5.93. The summed E-state index contributed by atoms with van der Waals surface area (Å²) in [6, 6.07) is 0. The molecule has 0 saturated heterocycles. The molecule has 0 spiro atoms. The van der Waals surface area contributed by atoms with Gasteiger partial charge in [0.15, 0.2) is 5.92 Å². The van der Waals surface area contributed by atoms with Crippen LogP contribution >= 0.6 is 0 Å². The van der Waals surface area contributed by atoms with Crippen molar-refractivity contribution in [3.8, 4) is 0 Å². The van der Waals surface area contributed by atoms with E-state index in [2.05, 4.69) is 5.32 Å². The Labute approximate surface area is 130 Å². The fourth-order valence-corrected chi connectivity index (χ4v) is 1.67. The molecule has 0 amide bonds. The second kappa shape index (κ2) is 9.37. The third kappa shape index (κ3) is 9.30. The van der Waals surface area contributed by atoms with Crippen molar-refractivity contribution in [2.45, 2.75) is 33.3 Å². The van der Waals surface area contributed by atoms with Crippen molar-refractivity contribution in [3.63, 3.8) is 0 Å². The smallest absolute Gasteiger partial charge is 0.320 e. The Morgan fingerprint density at radius 1 is 1.18 bits per heavy atom. The van der Waals surface area contributed by atoms with E-state index < -0.39 is 23.5 Å². The number of esters is 1. The monoisotopic (exact) mass is 318 g/mol. The van der Waals surface area contributed by atoms with Gasteiger partial charge in [-0.2, -0.15) is 0 Å². The average molecular weight is 318 g/mol. The van der Waals surface area contributed by atoms with E-state index in [0.717, 1.165) is 0 Å². The maximum absolute atomic E-state index is 11.7. The van der Waals surface area contributed by atoms with Crippen LogP contribution in [-0.2, 0) is 19.1 Å². The Kier molecular flexibility index (Phi) is 8.66. The van der Waals surface area contributed by atoms with E-state index in [1.165, 1.54) is 0 Å². The first kappa shape index (κ1) is 20.3. The summed E-state index contributed by atoms with van der Waals surface area (Å²) in [5, 5.41) is 20.2. The van der Waals surface area contributed by atoms with Gasteiger partial charge in [0.1, 0.15) is 5.60 Å². The molecule has 0 aliphatic carbocycles. The van der Waals surface area contributed by atoms with E-state index in [1.807, 2.05) is 11.8 Å². The number of carboxylic acid groups (broad SMARTS) is 2. The van der Waals surface area contributed by atoms with Gasteiger partial charge in [-0.15, -0.1) is 0 Å². The predicted octanol–water partition coefficient (Wildman–Crippen LogP) is 0.0250. The molecule has 0 aromatic rings. The van der Waals surface area contributed by atoms with Gasteiger partial charge in [-0.25, -0.2) is 0 Å². The number of carbonyl (C=O) groups excluding carboxylic acids is 1. The zero-order valence-electron chi connectivity index (χ0n) is 13.6. The van der Waals surface area contributed by atoms with Crippen LogP contribution in [0.3, 0.4) is 0 Å². The quantitative estimate of drug-likeness (QED) is 0.293. The molecule has 0 fully saturated rings. The van der Waals surface area contributed by atoms with Gasteiger partial charge in [0.2, 0.25) is 0 Å². The second-order valence-corrected chi connectivity index (χ2v) is 5.89. The van der Waals surface area contributed by atoms with Crippen LogP contribution in [0.15, 0.2) is 0 Å². The van der Waals surface area contributed by atoms with Crippen molar-refractivity contribution < 1.29 is 29.3 Å². The maximum Gasteiger partial charge on any atom is 0.320 e. The van der Waals surface area contributed by atoms with Crippen LogP contribution in [0.4, 0.5) is 0 Å². The third-order valence-electron chi connectivity index (χ3n) is 2.77. The van der Waals surface area contributed by atoms with Crippen LogP contribution < -0.4 is 5.32 Å². The minimum Gasteiger partial charge on any atom is -0.481 e. The molecule has 0 aliphatic rings. The van der Waals surface area contributed by atoms with Crippen molar-refractivity contribution >= 4 is 17.9 Å². The molecule has 8 heteroatoms. The number of aliphatic carboxylic acids is 2. The molecule has 0 aromatic carbocycles. The molecule has 8 nitrogen and oxygen atoms in total. The van der Waals surface area contributed by atoms with E-state index in [-0.39, 0.29) is 19.1 Å². The summed E-state index contributed by atoms with van der Waals surface area (Å²) in [4.78, 5) is 35.0. The summed E-state index contributed by atoms with van der Waals surface area (Å²) in [6.45, 7) is 8.74. The van der Waals surface area contributed by atoms with Crippen LogP contribution in [0.25, 0.3) is 0 Å². The van der Waals surface area contributed by atoms with Crippen molar-refractivity contribution in [2.24, 2.45) is 5.92 Å². The van der Waals surface area contributed by atoms with E-state index in [9.17, 15) is 14.4 Å². The zero-order valence-corrected chi connectivity index (χ0v) is 13.6. The Bertz CT molecular complexity index is 377. The number of likely N-dealkylation sites (N-methyl/N-ethyl adjacent to an activating group) is 1. The Morgan fingerprint density at radius 3 is 2.14 bits per heavy atom. The van der Waals surface area contributed by atoms with Gasteiger partial charge < -0.3 is 20.3 Å². The number of ether oxygens (including phenoxy) is 1. The molecule has 0 unspecified atom stereocenters. The fraction of sp³-hybridized carbons (Fsp3) is 0.786. The van der Waals surface area contributed by atoms with Crippen molar-refractivity contribution in [3.05, 3.63) is 0 Å². The number of hydrogen-bond acceptors (Lipinski definition) is 6. The fourth-order valence-electron chi connectivity index (χ4n) is 1.67. The molecule has 0 atom stereocenters. The lowest BCUT2D eigenvalue weighted by molar-refractivity contribution is -0.156. The molecule has 128 valence electrons. The van der Waals surface area contributed by atoms with E-state index in [0.29, 0.717) is 19.6 Å². The first-order valence-electron chi connectivity index (χ1n) is 7.17. The van der Waals surface area contributed by atoms with Crippen LogP contribution in [0, 0.1) is 5.92 Å². The standard InChI is InChI=1S/C14H26N2O6/c1-5-16(9-11(17)22-14(2,3)4)7-6-15-8-10(12(18)19)13(20)21/h10,15H,5-9H2,1-4H3,(H,18,19)(H,20,21). The molecule has 3 N–H and O–H groups in total. The van der Waals surface area contributed by atoms with Gasteiger partial charge in [0, 0.05) is 19.6 Å². The maximum atomic E-state index is 11.7. The van der Waals surface area contributed by atoms with E-state index >= 15 is 0 Å². The van der Waals surface area contributed by atoms with Gasteiger partial charge in [0.25, 0.3) is 0 Å². The molecule has 0 rings (SSSR count). The van der Waals surface area contributed by atoms with Crippen molar-refractivity contribution in [2.75, 3.05) is 32.7 Å². The van der Waals surface area contributed by atoms with Crippen LogP contribution in [-0.4, -0.2) is 71.3 Å². The lowest BCUT2D eigenvalue weighted by Gasteiger charge is -2.24. The second-order valence-electron chi connectivity index (χ2n) is 5.89. The predicted molar refractivity (Wildman–Crippen MR) is 79.6 cm³/mol. The van der Waals surface area contributed by atoms with E-state index in [4.69, 9.17) is 14.9 Å². The topological polar surface area (TPSA) is 116 Å². The summed E-state index contributed by atoms with van der Waals surface area (Å²) >= 11 is 0. The highest BCUT2D eigenvalue weighted by Crippen LogP contribution is 2.07. The molecular weight excluding hydrogens is 292 g/mol. The number of nitrogens with zero attached hydrogens (tertiary/aromatic N) is 1. The molecule has 0 heterocycles. The molecule has 0 radical (unpaired) electrons. The van der Waals surface area contributed by atoms with Crippen LogP contribution in [0.5, 0.6) is 0 Å². The minimum atomic E-state index is -1.47. The van der Waals surface area contributed by atoms with Gasteiger partial charge in [-0.05, 0) is 27.3 Å². The lowest BCUT2D eigenvalue weighted by Crippen LogP contribution is -2.41. The SMILES string of the molecule is CCN(CCNCC(C(=O)O)C(=O)O)CC(=O)OC(C)(C)C. The highest BCUT2D eigenvalue weighted by atomic mass is 16.6. The van der Waals surface area contributed by atoms with Crippen LogP contribution in [0.2, 0.25) is 0 Å². The summed E-state index contributed by atoms with van der Waals surface area (Å²) in [7, 11) is 0. The van der Waals surface area contributed by atoms with Crippen molar-refractivity contribution in [1.29, 1.82) is 0 Å². The van der Waals surface area contributed by atoms with Gasteiger partial charge >= 0.3 is 17.9 Å². The van der Waals surface area contributed by atoms with Crippen LogP contribution in [0.1, 0.15) is 27.7 Å². The number of nitrogens with one attached hydrogen (secondary N) is 1. The summed E-state index contributed by atoms with van der Waals surface area (Å²) in [6.07, 6.45) is 0. The molecule has 0 aliphatic heterocycles. The third-order valence-corrected chi connectivity index (χ3v) is 2.77. The minimum absolute atomic E-state index is 0.136. The normalized spacial score (nSPS) is 11.7. The Hall–Kier alpha value is -1.67. The lowest BCUT2D eigenvalue weighted by atomic mass is 10.1. The number of carbonyl (C=O) groups is 3. The van der Waals surface area contributed by atoms with Gasteiger partial charge in [0.05, 0.1) is 6.54 Å². The highest BCUT2D eigenvalue weighted by Gasteiger charge is 2.25. The molecule has 0 bridgehead atoms. The zero-order chi connectivity index (χ0) is 17.3. The summed E-state index contributed by atoms with van der Waals surface area (Å²) in [5.41, 5.74) is -0.537. The molecule has 0 aromatic heterocycles. The summed E-state index contributed by atoms with van der Waals surface area (Å²) < 4.78 is 5.22. The van der Waals surface area contributed by atoms with Gasteiger partial charge in [-0.1, -0.05) is 6.92 Å². The number of hydrogen-bond donors (Lipinski definition) is 3. The Balaban J connectivity index is 4.13. The molecular formula is C14H26N2O6. The first-order valence-corrected chi connectivity index (χ1v) is 7.17. The average Bonchev–Trinajstić information content (AvgIpc) is 2.33. The van der Waals surface area contributed by atoms with Gasteiger partial charge in [-0.3, -0.25) is 19.3 Å². The largest absolute Gasteiger partial charge is 0.481 e. The molecule has 0 saturated carbocycles. The first-order chi connectivity index (χ1) is 10.1.